The van der Waals surface area contributed by atoms with Gasteiger partial charge < -0.3 is 9.64 Å². The van der Waals surface area contributed by atoms with Gasteiger partial charge in [-0.25, -0.2) is 0 Å². The standard InChI is InChI=1S/C23H25NO/c1-4-24(5-2)22-17-19(13-15-23(22)25-3)11-10-18-12-14-20-8-6-7-9-21(20)16-18/h6-17H,4-5H2,1-3H3/b11-10-. The van der Waals surface area contributed by atoms with Crippen molar-refractivity contribution in [3.8, 4) is 5.75 Å². The van der Waals surface area contributed by atoms with Crippen molar-refractivity contribution < 1.29 is 4.74 Å². The zero-order valence-corrected chi connectivity index (χ0v) is 15.2. The van der Waals surface area contributed by atoms with Crippen LogP contribution in [0.2, 0.25) is 0 Å². The molecule has 0 saturated heterocycles. The molecule has 0 radical (unpaired) electrons. The quantitative estimate of drug-likeness (QED) is 0.524. The minimum absolute atomic E-state index is 0.923. The van der Waals surface area contributed by atoms with Crippen molar-refractivity contribution in [3.05, 3.63) is 71.8 Å². The number of hydrogen-bond acceptors (Lipinski definition) is 2. The first-order valence-electron chi connectivity index (χ1n) is 8.85. The maximum atomic E-state index is 5.53. The number of anilines is 1. The lowest BCUT2D eigenvalue weighted by Gasteiger charge is -2.23. The summed E-state index contributed by atoms with van der Waals surface area (Å²) in [6.45, 7) is 6.26. The van der Waals surface area contributed by atoms with E-state index in [9.17, 15) is 0 Å². The van der Waals surface area contributed by atoms with Crippen molar-refractivity contribution >= 4 is 28.6 Å². The van der Waals surface area contributed by atoms with E-state index in [1.165, 1.54) is 21.9 Å². The third-order valence-electron chi connectivity index (χ3n) is 4.55. The first kappa shape index (κ1) is 17.1. The highest BCUT2D eigenvalue weighted by Gasteiger charge is 2.09. The molecule has 0 heterocycles. The van der Waals surface area contributed by atoms with Crippen LogP contribution < -0.4 is 9.64 Å². The zero-order chi connectivity index (χ0) is 17.6. The first-order chi connectivity index (χ1) is 12.2. The van der Waals surface area contributed by atoms with Gasteiger partial charge in [-0.3, -0.25) is 0 Å². The summed E-state index contributed by atoms with van der Waals surface area (Å²) in [5.74, 6) is 0.923. The molecule has 128 valence electrons. The number of methoxy groups -OCH3 is 1. The van der Waals surface area contributed by atoms with E-state index in [-0.39, 0.29) is 0 Å². The highest BCUT2D eigenvalue weighted by atomic mass is 16.5. The van der Waals surface area contributed by atoms with Crippen LogP contribution in [0.1, 0.15) is 25.0 Å². The summed E-state index contributed by atoms with van der Waals surface area (Å²) in [7, 11) is 1.73. The average Bonchev–Trinajstić information content (AvgIpc) is 2.67. The van der Waals surface area contributed by atoms with Crippen molar-refractivity contribution in [3.63, 3.8) is 0 Å². The fourth-order valence-electron chi connectivity index (χ4n) is 3.13. The van der Waals surface area contributed by atoms with E-state index < -0.39 is 0 Å². The predicted molar refractivity (Wildman–Crippen MR) is 109 cm³/mol. The van der Waals surface area contributed by atoms with Crippen molar-refractivity contribution in [2.75, 3.05) is 25.1 Å². The van der Waals surface area contributed by atoms with Gasteiger partial charge in [-0.1, -0.05) is 54.6 Å². The molecule has 0 amide bonds. The van der Waals surface area contributed by atoms with Gasteiger partial charge in [-0.15, -0.1) is 0 Å². The van der Waals surface area contributed by atoms with Crippen molar-refractivity contribution in [1.29, 1.82) is 0 Å². The predicted octanol–water partition coefficient (Wildman–Crippen LogP) is 5.87. The topological polar surface area (TPSA) is 12.5 Å². The second-order valence-corrected chi connectivity index (χ2v) is 6.04. The second-order valence-electron chi connectivity index (χ2n) is 6.04. The van der Waals surface area contributed by atoms with Gasteiger partial charge in [0.25, 0.3) is 0 Å². The molecule has 0 spiro atoms. The first-order valence-corrected chi connectivity index (χ1v) is 8.85. The normalized spacial score (nSPS) is 11.2. The molecule has 0 N–H and O–H groups in total. The van der Waals surface area contributed by atoms with E-state index in [0.717, 1.165) is 24.5 Å². The molecule has 0 aromatic heterocycles. The Morgan fingerprint density at radius 1 is 0.800 bits per heavy atom. The number of hydrogen-bond donors (Lipinski definition) is 0. The maximum Gasteiger partial charge on any atom is 0.142 e. The molecule has 2 nitrogen and oxygen atoms in total. The summed E-state index contributed by atoms with van der Waals surface area (Å²) in [4.78, 5) is 2.31. The number of rotatable bonds is 6. The van der Waals surface area contributed by atoms with Crippen molar-refractivity contribution in [1.82, 2.24) is 0 Å². The lowest BCUT2D eigenvalue weighted by atomic mass is 10.1. The molecule has 0 aliphatic carbocycles. The Morgan fingerprint density at radius 2 is 1.44 bits per heavy atom. The Labute approximate surface area is 150 Å². The minimum atomic E-state index is 0.923. The highest BCUT2D eigenvalue weighted by molar-refractivity contribution is 5.86. The summed E-state index contributed by atoms with van der Waals surface area (Å²) in [5.41, 5.74) is 3.53. The highest BCUT2D eigenvalue weighted by Crippen LogP contribution is 2.30. The Bertz CT molecular complexity index is 878. The number of fused-ring (bicyclic) bond motifs is 1. The third kappa shape index (κ3) is 3.85. The molecule has 0 saturated carbocycles. The third-order valence-corrected chi connectivity index (χ3v) is 4.55. The number of nitrogens with zero attached hydrogens (tertiary/aromatic N) is 1. The molecule has 0 unspecified atom stereocenters. The molecule has 0 aliphatic heterocycles. The fraction of sp³-hybridized carbons (Fsp3) is 0.217. The Kier molecular flexibility index (Phi) is 5.39. The van der Waals surface area contributed by atoms with Gasteiger partial charge in [0.15, 0.2) is 0 Å². The van der Waals surface area contributed by atoms with E-state index in [1.807, 2.05) is 6.07 Å². The van der Waals surface area contributed by atoms with Gasteiger partial charge in [-0.05, 0) is 53.9 Å². The molecule has 0 fully saturated rings. The van der Waals surface area contributed by atoms with Crippen LogP contribution in [-0.2, 0) is 0 Å². The van der Waals surface area contributed by atoms with E-state index in [0.29, 0.717) is 0 Å². The van der Waals surface area contributed by atoms with Crippen LogP contribution in [0.15, 0.2) is 60.7 Å². The van der Waals surface area contributed by atoms with Gasteiger partial charge in [0.05, 0.1) is 12.8 Å². The summed E-state index contributed by atoms with van der Waals surface area (Å²) in [6.07, 6.45) is 4.33. The van der Waals surface area contributed by atoms with Gasteiger partial charge in [0, 0.05) is 13.1 Å². The molecule has 0 aliphatic rings. The molecule has 3 aromatic carbocycles. The lowest BCUT2D eigenvalue weighted by molar-refractivity contribution is 0.414. The van der Waals surface area contributed by atoms with Gasteiger partial charge in [-0.2, -0.15) is 0 Å². The SMILES string of the molecule is CCN(CC)c1cc(/C=C\c2ccc3ccccc3c2)ccc1OC. The van der Waals surface area contributed by atoms with Gasteiger partial charge in [0.2, 0.25) is 0 Å². The van der Waals surface area contributed by atoms with E-state index >= 15 is 0 Å². The van der Waals surface area contributed by atoms with Crippen LogP contribution in [0.4, 0.5) is 5.69 Å². The summed E-state index contributed by atoms with van der Waals surface area (Å²) in [5, 5.41) is 2.54. The van der Waals surface area contributed by atoms with Crippen LogP contribution in [0, 0.1) is 0 Å². The van der Waals surface area contributed by atoms with Gasteiger partial charge in [0.1, 0.15) is 5.75 Å². The molecule has 3 rings (SSSR count). The maximum absolute atomic E-state index is 5.53. The van der Waals surface area contributed by atoms with Crippen LogP contribution in [0.5, 0.6) is 5.75 Å². The lowest BCUT2D eigenvalue weighted by Crippen LogP contribution is -2.22. The zero-order valence-electron chi connectivity index (χ0n) is 15.2. The van der Waals surface area contributed by atoms with Crippen LogP contribution in [0.3, 0.4) is 0 Å². The van der Waals surface area contributed by atoms with Crippen LogP contribution >= 0.6 is 0 Å². The summed E-state index contributed by atoms with van der Waals surface area (Å²) in [6, 6.07) is 21.3. The molecular weight excluding hydrogens is 306 g/mol. The van der Waals surface area contributed by atoms with E-state index in [4.69, 9.17) is 4.74 Å². The summed E-state index contributed by atoms with van der Waals surface area (Å²) >= 11 is 0. The summed E-state index contributed by atoms with van der Waals surface area (Å²) < 4.78 is 5.53. The largest absolute Gasteiger partial charge is 0.495 e. The minimum Gasteiger partial charge on any atom is -0.495 e. The molecule has 2 heteroatoms. The van der Waals surface area contributed by atoms with Crippen molar-refractivity contribution in [2.24, 2.45) is 0 Å². The number of benzene rings is 3. The van der Waals surface area contributed by atoms with Crippen LogP contribution in [0.25, 0.3) is 22.9 Å². The van der Waals surface area contributed by atoms with Gasteiger partial charge >= 0.3 is 0 Å². The molecule has 25 heavy (non-hydrogen) atoms. The van der Waals surface area contributed by atoms with E-state index in [1.54, 1.807) is 7.11 Å². The average molecular weight is 331 g/mol. The Hall–Kier alpha value is -2.74. The van der Waals surface area contributed by atoms with Crippen LogP contribution in [-0.4, -0.2) is 20.2 Å². The smallest absolute Gasteiger partial charge is 0.142 e. The van der Waals surface area contributed by atoms with Crippen molar-refractivity contribution in [2.45, 2.75) is 13.8 Å². The fourth-order valence-corrected chi connectivity index (χ4v) is 3.13. The van der Waals surface area contributed by atoms with E-state index in [2.05, 4.69) is 85.5 Å². The molecule has 0 bridgehead atoms. The monoisotopic (exact) mass is 331 g/mol. The molecule has 3 aromatic rings. The second kappa shape index (κ2) is 7.89. The molecular formula is C23H25NO. The Balaban J connectivity index is 1.90. The molecule has 0 atom stereocenters. The number of ether oxygens (including phenoxy) is 1. The Morgan fingerprint density at radius 3 is 2.12 bits per heavy atom.